The van der Waals surface area contributed by atoms with Crippen LogP contribution >= 0.6 is 11.8 Å². The van der Waals surface area contributed by atoms with E-state index in [9.17, 15) is 5.11 Å². The molecule has 0 aliphatic heterocycles. The van der Waals surface area contributed by atoms with Crippen molar-refractivity contribution in [1.82, 2.24) is 0 Å². The standard InChI is InChI=1S/C16H18O3S/c1-11(17)16-13(18-2)8-6-9-14(16)19-12-7-4-5-10-15(12)20-3/h4-11,17H,1-3H3. The minimum Gasteiger partial charge on any atom is -0.496 e. The molecule has 2 aromatic carbocycles. The lowest BCUT2D eigenvalue weighted by Gasteiger charge is -2.17. The predicted octanol–water partition coefficient (Wildman–Crippen LogP) is 4.26. The molecule has 3 nitrogen and oxygen atoms in total. The Morgan fingerprint density at radius 3 is 2.30 bits per heavy atom. The maximum Gasteiger partial charge on any atom is 0.140 e. The first kappa shape index (κ1) is 14.8. The van der Waals surface area contributed by atoms with E-state index in [-0.39, 0.29) is 0 Å². The number of thioether (sulfide) groups is 1. The van der Waals surface area contributed by atoms with E-state index in [1.807, 2.05) is 48.7 Å². The Labute approximate surface area is 123 Å². The van der Waals surface area contributed by atoms with Gasteiger partial charge < -0.3 is 14.6 Å². The highest BCUT2D eigenvalue weighted by atomic mass is 32.2. The van der Waals surface area contributed by atoms with Crippen molar-refractivity contribution in [2.75, 3.05) is 13.4 Å². The number of rotatable bonds is 5. The van der Waals surface area contributed by atoms with Crippen LogP contribution in [0.25, 0.3) is 0 Å². The van der Waals surface area contributed by atoms with Gasteiger partial charge in [-0.2, -0.15) is 0 Å². The molecule has 0 aromatic heterocycles. The van der Waals surface area contributed by atoms with Crippen molar-refractivity contribution in [2.45, 2.75) is 17.9 Å². The largest absolute Gasteiger partial charge is 0.496 e. The van der Waals surface area contributed by atoms with Gasteiger partial charge in [0.2, 0.25) is 0 Å². The zero-order chi connectivity index (χ0) is 14.5. The van der Waals surface area contributed by atoms with Gasteiger partial charge in [-0.25, -0.2) is 0 Å². The summed E-state index contributed by atoms with van der Waals surface area (Å²) in [7, 11) is 1.58. The van der Waals surface area contributed by atoms with Crippen molar-refractivity contribution in [3.8, 4) is 17.2 Å². The first-order valence-electron chi connectivity index (χ1n) is 6.33. The highest BCUT2D eigenvalue weighted by molar-refractivity contribution is 7.98. The molecular weight excluding hydrogens is 272 g/mol. The number of hydrogen-bond acceptors (Lipinski definition) is 4. The maximum atomic E-state index is 9.96. The molecular formula is C16H18O3S. The number of hydrogen-bond donors (Lipinski definition) is 1. The molecule has 0 fully saturated rings. The Balaban J connectivity index is 2.43. The summed E-state index contributed by atoms with van der Waals surface area (Å²) in [5, 5.41) is 9.96. The van der Waals surface area contributed by atoms with E-state index in [1.54, 1.807) is 25.8 Å². The van der Waals surface area contributed by atoms with Crippen LogP contribution in [0.2, 0.25) is 0 Å². The van der Waals surface area contributed by atoms with Gasteiger partial charge in [0.1, 0.15) is 17.2 Å². The Hall–Kier alpha value is -1.65. The number of methoxy groups -OCH3 is 1. The lowest BCUT2D eigenvalue weighted by molar-refractivity contribution is 0.190. The number of ether oxygens (including phenoxy) is 2. The smallest absolute Gasteiger partial charge is 0.140 e. The van der Waals surface area contributed by atoms with Crippen LogP contribution in [-0.4, -0.2) is 18.5 Å². The molecule has 106 valence electrons. The SMILES string of the molecule is COc1cccc(Oc2ccccc2SC)c1C(C)O. The van der Waals surface area contributed by atoms with E-state index >= 15 is 0 Å². The van der Waals surface area contributed by atoms with Crippen LogP contribution in [0.1, 0.15) is 18.6 Å². The molecule has 4 heteroatoms. The van der Waals surface area contributed by atoms with E-state index < -0.39 is 6.10 Å². The maximum absolute atomic E-state index is 9.96. The first-order valence-corrected chi connectivity index (χ1v) is 7.55. The summed E-state index contributed by atoms with van der Waals surface area (Å²) in [5.41, 5.74) is 0.658. The van der Waals surface area contributed by atoms with E-state index in [0.29, 0.717) is 17.1 Å². The quantitative estimate of drug-likeness (QED) is 0.835. The average Bonchev–Trinajstić information content (AvgIpc) is 2.47. The van der Waals surface area contributed by atoms with Crippen LogP contribution in [0, 0.1) is 0 Å². The second-order valence-corrected chi connectivity index (χ2v) is 5.15. The second-order valence-electron chi connectivity index (χ2n) is 4.30. The van der Waals surface area contributed by atoms with Crippen molar-refractivity contribution in [3.05, 3.63) is 48.0 Å². The molecule has 0 aliphatic rings. The number of aliphatic hydroxyl groups is 1. The van der Waals surface area contributed by atoms with Gasteiger partial charge in [0.05, 0.1) is 18.8 Å². The van der Waals surface area contributed by atoms with Crippen molar-refractivity contribution in [1.29, 1.82) is 0 Å². The molecule has 0 aliphatic carbocycles. The van der Waals surface area contributed by atoms with E-state index in [2.05, 4.69) is 0 Å². The van der Waals surface area contributed by atoms with Crippen molar-refractivity contribution in [2.24, 2.45) is 0 Å². The number of benzene rings is 2. The van der Waals surface area contributed by atoms with E-state index in [4.69, 9.17) is 9.47 Å². The van der Waals surface area contributed by atoms with Crippen molar-refractivity contribution in [3.63, 3.8) is 0 Å². The lowest BCUT2D eigenvalue weighted by atomic mass is 10.1. The van der Waals surface area contributed by atoms with Crippen LogP contribution in [0.5, 0.6) is 17.2 Å². The van der Waals surface area contributed by atoms with Crippen LogP contribution in [0.4, 0.5) is 0 Å². The van der Waals surface area contributed by atoms with Crippen molar-refractivity contribution < 1.29 is 14.6 Å². The molecule has 1 atom stereocenters. The van der Waals surface area contributed by atoms with Crippen molar-refractivity contribution >= 4 is 11.8 Å². The zero-order valence-corrected chi connectivity index (χ0v) is 12.6. The molecule has 20 heavy (non-hydrogen) atoms. The van der Waals surface area contributed by atoms with Gasteiger partial charge in [-0.1, -0.05) is 18.2 Å². The minimum absolute atomic E-state index is 0.612. The third-order valence-corrected chi connectivity index (χ3v) is 3.73. The first-order chi connectivity index (χ1) is 9.67. The van der Waals surface area contributed by atoms with Gasteiger partial charge in [-0.05, 0) is 37.4 Å². The fourth-order valence-electron chi connectivity index (χ4n) is 2.02. The molecule has 0 saturated carbocycles. The van der Waals surface area contributed by atoms with Gasteiger partial charge in [0.15, 0.2) is 0 Å². The Morgan fingerprint density at radius 2 is 1.65 bits per heavy atom. The topological polar surface area (TPSA) is 38.7 Å². The minimum atomic E-state index is -0.664. The highest BCUT2D eigenvalue weighted by Gasteiger charge is 2.16. The summed E-state index contributed by atoms with van der Waals surface area (Å²) in [6.45, 7) is 1.70. The molecule has 1 unspecified atom stereocenters. The molecule has 0 heterocycles. The fraction of sp³-hybridized carbons (Fsp3) is 0.250. The van der Waals surface area contributed by atoms with Crippen LogP contribution in [-0.2, 0) is 0 Å². The van der Waals surface area contributed by atoms with Crippen LogP contribution in [0.15, 0.2) is 47.4 Å². The summed E-state index contributed by atoms with van der Waals surface area (Å²) in [6.07, 6.45) is 1.34. The van der Waals surface area contributed by atoms with E-state index in [1.165, 1.54) is 0 Å². The molecule has 0 saturated heterocycles. The van der Waals surface area contributed by atoms with Gasteiger partial charge in [0.25, 0.3) is 0 Å². The summed E-state index contributed by atoms with van der Waals surface area (Å²) in [6, 6.07) is 13.3. The molecule has 2 aromatic rings. The predicted molar refractivity (Wildman–Crippen MR) is 81.9 cm³/mol. The molecule has 0 spiro atoms. The molecule has 2 rings (SSSR count). The number of para-hydroxylation sites is 1. The lowest BCUT2D eigenvalue weighted by Crippen LogP contribution is -2.00. The van der Waals surface area contributed by atoms with Gasteiger partial charge in [0, 0.05) is 4.90 Å². The summed E-state index contributed by atoms with van der Waals surface area (Å²) in [4.78, 5) is 1.05. The number of aliphatic hydroxyl groups excluding tert-OH is 1. The monoisotopic (exact) mass is 290 g/mol. The summed E-state index contributed by atoms with van der Waals surface area (Å²) < 4.78 is 11.3. The molecule has 0 bridgehead atoms. The third-order valence-electron chi connectivity index (χ3n) is 2.95. The fourth-order valence-corrected chi connectivity index (χ4v) is 2.55. The summed E-state index contributed by atoms with van der Waals surface area (Å²) in [5.74, 6) is 2.01. The van der Waals surface area contributed by atoms with E-state index in [0.717, 1.165) is 10.6 Å². The zero-order valence-electron chi connectivity index (χ0n) is 11.8. The summed E-state index contributed by atoms with van der Waals surface area (Å²) >= 11 is 1.62. The molecule has 0 amide bonds. The Bertz CT molecular complexity index is 582. The van der Waals surface area contributed by atoms with Gasteiger partial charge >= 0.3 is 0 Å². The van der Waals surface area contributed by atoms with Crippen LogP contribution in [0.3, 0.4) is 0 Å². The second kappa shape index (κ2) is 6.68. The van der Waals surface area contributed by atoms with Crippen LogP contribution < -0.4 is 9.47 Å². The molecule has 0 radical (unpaired) electrons. The third kappa shape index (κ3) is 3.08. The molecule has 1 N–H and O–H groups in total. The van der Waals surface area contributed by atoms with Gasteiger partial charge in [-0.15, -0.1) is 11.8 Å². The highest BCUT2D eigenvalue weighted by Crippen LogP contribution is 2.38. The van der Waals surface area contributed by atoms with Gasteiger partial charge in [-0.3, -0.25) is 0 Å². The Morgan fingerprint density at radius 1 is 1.00 bits per heavy atom. The Kier molecular flexibility index (Phi) is 4.93. The normalized spacial score (nSPS) is 12.0. The average molecular weight is 290 g/mol.